The van der Waals surface area contributed by atoms with Crippen LogP contribution < -0.4 is 4.74 Å². The Hall–Kier alpha value is -3.08. The van der Waals surface area contributed by atoms with Crippen molar-refractivity contribution in [1.82, 2.24) is 9.88 Å². The Balaban J connectivity index is 1.54. The normalized spacial score (nSPS) is 14.8. The van der Waals surface area contributed by atoms with Gasteiger partial charge in [-0.1, -0.05) is 60.7 Å². The third-order valence-corrected chi connectivity index (χ3v) is 5.72. The maximum atomic E-state index is 6.37. The number of aromatic nitrogens is 1. The van der Waals surface area contributed by atoms with E-state index >= 15 is 0 Å². The molecule has 0 bridgehead atoms. The number of hydrogen-bond donors (Lipinski definition) is 1. The molecule has 0 aliphatic carbocycles. The minimum Gasteiger partial charge on any atom is -0.492 e. The number of nitrogens with zero attached hydrogens (tertiary/aromatic N) is 1. The highest BCUT2D eigenvalue weighted by Gasteiger charge is 2.17. The van der Waals surface area contributed by atoms with E-state index in [1.54, 1.807) is 0 Å². The Morgan fingerprint density at radius 2 is 1.53 bits per heavy atom. The van der Waals surface area contributed by atoms with Crippen molar-refractivity contribution in [1.29, 1.82) is 0 Å². The van der Waals surface area contributed by atoms with Crippen LogP contribution in [0.4, 0.5) is 0 Å². The van der Waals surface area contributed by atoms with Gasteiger partial charge >= 0.3 is 0 Å². The Bertz CT molecular complexity index is 1100. The van der Waals surface area contributed by atoms with Gasteiger partial charge in [-0.15, -0.1) is 0 Å². The minimum absolute atomic E-state index is 0.663. The van der Waals surface area contributed by atoms with Gasteiger partial charge in [0, 0.05) is 47.9 Å². The molecule has 0 atom stereocenters. The molecule has 0 spiro atoms. The molecule has 2 heterocycles. The van der Waals surface area contributed by atoms with E-state index < -0.39 is 0 Å². The molecule has 1 fully saturated rings. The zero-order valence-electron chi connectivity index (χ0n) is 17.0. The van der Waals surface area contributed by atoms with E-state index in [1.807, 2.05) is 0 Å². The second-order valence-electron chi connectivity index (χ2n) is 7.60. The quantitative estimate of drug-likeness (QED) is 0.484. The van der Waals surface area contributed by atoms with E-state index in [0.717, 1.165) is 49.7 Å². The molecule has 1 aliphatic heterocycles. The summed E-state index contributed by atoms with van der Waals surface area (Å²) >= 11 is 0. The Morgan fingerprint density at radius 3 is 2.27 bits per heavy atom. The van der Waals surface area contributed by atoms with Crippen LogP contribution in [-0.4, -0.2) is 49.3 Å². The van der Waals surface area contributed by atoms with E-state index in [9.17, 15) is 0 Å². The number of benzene rings is 3. The summed E-state index contributed by atoms with van der Waals surface area (Å²) in [7, 11) is 0. The molecule has 0 unspecified atom stereocenters. The summed E-state index contributed by atoms with van der Waals surface area (Å²) < 4.78 is 11.8. The van der Waals surface area contributed by atoms with Crippen molar-refractivity contribution in [2.45, 2.75) is 0 Å². The zero-order valence-corrected chi connectivity index (χ0v) is 17.0. The van der Waals surface area contributed by atoms with Crippen molar-refractivity contribution in [3.05, 3.63) is 79.0 Å². The van der Waals surface area contributed by atoms with Crippen LogP contribution in [0.2, 0.25) is 0 Å². The van der Waals surface area contributed by atoms with Gasteiger partial charge in [-0.2, -0.15) is 0 Å². The predicted octanol–water partition coefficient (Wildman–Crippen LogP) is 5.21. The topological polar surface area (TPSA) is 37.5 Å². The molecule has 30 heavy (non-hydrogen) atoms. The second kappa shape index (κ2) is 8.74. The monoisotopic (exact) mass is 398 g/mol. The van der Waals surface area contributed by atoms with Crippen molar-refractivity contribution < 1.29 is 9.47 Å². The van der Waals surface area contributed by atoms with E-state index in [4.69, 9.17) is 9.47 Å². The molecular weight excluding hydrogens is 372 g/mol. The van der Waals surface area contributed by atoms with Crippen LogP contribution in [0.5, 0.6) is 5.75 Å². The Labute approximate surface area is 177 Å². The summed E-state index contributed by atoms with van der Waals surface area (Å²) in [5.41, 5.74) is 5.83. The predicted molar refractivity (Wildman–Crippen MR) is 122 cm³/mol. The first-order chi connectivity index (χ1) is 14.9. The molecule has 4 nitrogen and oxygen atoms in total. The van der Waals surface area contributed by atoms with E-state index in [-0.39, 0.29) is 0 Å². The number of morpholine rings is 1. The first-order valence-electron chi connectivity index (χ1n) is 10.6. The summed E-state index contributed by atoms with van der Waals surface area (Å²) in [6, 6.07) is 25.3. The molecule has 1 aliphatic rings. The maximum absolute atomic E-state index is 6.37. The lowest BCUT2D eigenvalue weighted by Gasteiger charge is -2.26. The van der Waals surface area contributed by atoms with Crippen molar-refractivity contribution in [2.24, 2.45) is 0 Å². The molecule has 1 N–H and O–H groups in total. The fourth-order valence-electron chi connectivity index (χ4n) is 4.17. The number of rotatable bonds is 6. The lowest BCUT2D eigenvalue weighted by molar-refractivity contribution is 0.0323. The maximum Gasteiger partial charge on any atom is 0.127 e. The standard InChI is InChI=1S/C26H26N2O2/c1-3-7-20(8-4-1)22-19-27-23-11-12-24(30-18-15-28-13-16-29-17-14-28)25(26(22)23)21-9-5-2-6-10-21/h1-12,19,27H,13-18H2. The lowest BCUT2D eigenvalue weighted by atomic mass is 9.95. The van der Waals surface area contributed by atoms with Crippen molar-refractivity contribution in [2.75, 3.05) is 39.5 Å². The number of nitrogens with one attached hydrogen (secondary N) is 1. The number of H-pyrrole nitrogens is 1. The smallest absolute Gasteiger partial charge is 0.127 e. The number of fused-ring (bicyclic) bond motifs is 1. The van der Waals surface area contributed by atoms with Gasteiger partial charge in [-0.3, -0.25) is 4.90 Å². The Kier molecular flexibility index (Phi) is 5.51. The van der Waals surface area contributed by atoms with Gasteiger partial charge < -0.3 is 14.5 Å². The third-order valence-electron chi connectivity index (χ3n) is 5.72. The first-order valence-corrected chi connectivity index (χ1v) is 10.6. The molecule has 0 amide bonds. The van der Waals surface area contributed by atoms with Crippen LogP contribution >= 0.6 is 0 Å². The van der Waals surface area contributed by atoms with Crippen LogP contribution in [0.1, 0.15) is 0 Å². The SMILES string of the molecule is c1ccc(-c2c[nH]c3ccc(OCCN4CCOCC4)c(-c4ccccc4)c23)cc1. The van der Waals surface area contributed by atoms with Crippen molar-refractivity contribution >= 4 is 10.9 Å². The van der Waals surface area contributed by atoms with Crippen LogP contribution in [0.3, 0.4) is 0 Å². The molecule has 0 radical (unpaired) electrons. The summed E-state index contributed by atoms with van der Waals surface area (Å²) in [4.78, 5) is 5.85. The summed E-state index contributed by atoms with van der Waals surface area (Å²) in [5, 5.41) is 1.20. The lowest BCUT2D eigenvalue weighted by Crippen LogP contribution is -2.38. The van der Waals surface area contributed by atoms with E-state index in [1.165, 1.54) is 22.1 Å². The molecular formula is C26H26N2O2. The number of ether oxygens (including phenoxy) is 2. The third kappa shape index (κ3) is 3.84. The van der Waals surface area contributed by atoms with Crippen LogP contribution in [0, 0.1) is 0 Å². The largest absolute Gasteiger partial charge is 0.492 e. The molecule has 1 aromatic heterocycles. The number of hydrogen-bond acceptors (Lipinski definition) is 3. The van der Waals surface area contributed by atoms with Gasteiger partial charge in [0.2, 0.25) is 0 Å². The van der Waals surface area contributed by atoms with Gasteiger partial charge in [-0.25, -0.2) is 0 Å². The highest BCUT2D eigenvalue weighted by atomic mass is 16.5. The highest BCUT2D eigenvalue weighted by Crippen LogP contribution is 2.42. The van der Waals surface area contributed by atoms with Crippen LogP contribution in [-0.2, 0) is 4.74 Å². The van der Waals surface area contributed by atoms with Gasteiger partial charge in [0.05, 0.1) is 13.2 Å². The van der Waals surface area contributed by atoms with Crippen molar-refractivity contribution in [3.8, 4) is 28.0 Å². The fourth-order valence-corrected chi connectivity index (χ4v) is 4.17. The van der Waals surface area contributed by atoms with Crippen LogP contribution in [0.15, 0.2) is 79.0 Å². The van der Waals surface area contributed by atoms with Gasteiger partial charge in [0.25, 0.3) is 0 Å². The van der Waals surface area contributed by atoms with Crippen molar-refractivity contribution in [3.63, 3.8) is 0 Å². The Morgan fingerprint density at radius 1 is 0.833 bits per heavy atom. The molecule has 4 heteroatoms. The summed E-state index contributed by atoms with van der Waals surface area (Å²) in [6.45, 7) is 5.15. The fraction of sp³-hybridized carbons (Fsp3) is 0.231. The van der Waals surface area contributed by atoms with Gasteiger partial charge in [0.1, 0.15) is 12.4 Å². The highest BCUT2D eigenvalue weighted by molar-refractivity contribution is 6.07. The first kappa shape index (κ1) is 18.9. The molecule has 1 saturated heterocycles. The van der Waals surface area contributed by atoms with Gasteiger partial charge in [-0.05, 0) is 23.3 Å². The van der Waals surface area contributed by atoms with E-state index in [2.05, 4.69) is 88.9 Å². The molecule has 0 saturated carbocycles. The summed E-state index contributed by atoms with van der Waals surface area (Å²) in [6.07, 6.45) is 2.10. The van der Waals surface area contributed by atoms with E-state index in [0.29, 0.717) is 6.61 Å². The molecule has 3 aromatic carbocycles. The number of aromatic amines is 1. The average molecular weight is 399 g/mol. The minimum atomic E-state index is 0.663. The van der Waals surface area contributed by atoms with Crippen LogP contribution in [0.25, 0.3) is 33.2 Å². The molecule has 4 aromatic rings. The molecule has 5 rings (SSSR count). The average Bonchev–Trinajstić information content (AvgIpc) is 3.25. The second-order valence-corrected chi connectivity index (χ2v) is 7.60. The zero-order chi connectivity index (χ0) is 20.2. The molecule has 152 valence electrons. The van der Waals surface area contributed by atoms with Gasteiger partial charge in [0.15, 0.2) is 0 Å². The summed E-state index contributed by atoms with van der Waals surface area (Å²) in [5.74, 6) is 0.929.